The van der Waals surface area contributed by atoms with Crippen molar-refractivity contribution in [3.05, 3.63) is 48.4 Å². The maximum Gasteiger partial charge on any atom is 0.137 e. The van der Waals surface area contributed by atoms with Gasteiger partial charge in [0.05, 0.1) is 19.0 Å². The number of ether oxygens (including phenoxy) is 1. The highest BCUT2D eigenvalue weighted by molar-refractivity contribution is 5.59. The van der Waals surface area contributed by atoms with E-state index in [0.717, 1.165) is 11.3 Å². The molecule has 0 amide bonds. The number of rotatable bonds is 2. The van der Waals surface area contributed by atoms with Gasteiger partial charge in [0.15, 0.2) is 0 Å². The third kappa shape index (κ3) is 2.13. The molecule has 0 saturated heterocycles. The molecule has 2 aromatic rings. The molecule has 0 aliphatic heterocycles. The third-order valence-electron chi connectivity index (χ3n) is 2.09. The monoisotopic (exact) mass is 203 g/mol. The van der Waals surface area contributed by atoms with Crippen LogP contribution in [-0.2, 0) is 0 Å². The summed E-state index contributed by atoms with van der Waals surface area (Å²) in [7, 11) is 1.58. The van der Waals surface area contributed by atoms with Crippen LogP contribution in [-0.4, -0.2) is 12.1 Å². The molecule has 0 atom stereocenters. The Hall–Kier alpha value is -1.90. The molecule has 76 valence electrons. The number of hydrogen-bond donors (Lipinski definition) is 0. The van der Waals surface area contributed by atoms with Crippen molar-refractivity contribution in [3.63, 3.8) is 0 Å². The summed E-state index contributed by atoms with van der Waals surface area (Å²) in [6, 6.07) is 9.94. The molecule has 1 aromatic carbocycles. The number of benzene rings is 1. The van der Waals surface area contributed by atoms with Gasteiger partial charge in [-0.15, -0.1) is 0 Å². The van der Waals surface area contributed by atoms with E-state index in [1.54, 1.807) is 31.5 Å². The molecular weight excluding hydrogens is 193 g/mol. The van der Waals surface area contributed by atoms with Crippen molar-refractivity contribution >= 4 is 0 Å². The lowest BCUT2D eigenvalue weighted by Gasteiger charge is -2.02. The van der Waals surface area contributed by atoms with Crippen molar-refractivity contribution < 1.29 is 9.13 Å². The highest BCUT2D eigenvalue weighted by atomic mass is 19.1. The summed E-state index contributed by atoms with van der Waals surface area (Å²) in [5.74, 6) is 0.431. The minimum Gasteiger partial charge on any atom is -0.495 e. The van der Waals surface area contributed by atoms with Crippen molar-refractivity contribution in [2.75, 3.05) is 7.11 Å². The second-order valence-corrected chi connectivity index (χ2v) is 3.09. The topological polar surface area (TPSA) is 22.1 Å². The van der Waals surface area contributed by atoms with Gasteiger partial charge in [-0.2, -0.15) is 0 Å². The van der Waals surface area contributed by atoms with Crippen LogP contribution >= 0.6 is 0 Å². The Bertz CT molecular complexity index is 453. The van der Waals surface area contributed by atoms with Crippen molar-refractivity contribution in [1.82, 2.24) is 4.98 Å². The Balaban J connectivity index is 2.37. The van der Waals surface area contributed by atoms with Crippen LogP contribution in [0.3, 0.4) is 0 Å². The normalized spacial score (nSPS) is 10.0. The van der Waals surface area contributed by atoms with Crippen LogP contribution in [0.25, 0.3) is 11.3 Å². The SMILES string of the molecule is COc1ccc(-c2cccc(F)c2)nc1. The number of pyridine rings is 1. The van der Waals surface area contributed by atoms with Gasteiger partial charge in [0.25, 0.3) is 0 Å². The van der Waals surface area contributed by atoms with E-state index < -0.39 is 0 Å². The first-order valence-corrected chi connectivity index (χ1v) is 4.55. The maximum absolute atomic E-state index is 12.9. The molecule has 0 fully saturated rings. The summed E-state index contributed by atoms with van der Waals surface area (Å²) in [5, 5.41) is 0. The largest absolute Gasteiger partial charge is 0.495 e. The molecule has 2 nitrogen and oxygen atoms in total. The number of methoxy groups -OCH3 is 1. The van der Waals surface area contributed by atoms with Crippen LogP contribution in [0, 0.1) is 5.82 Å². The van der Waals surface area contributed by atoms with Crippen LogP contribution in [0.1, 0.15) is 0 Å². The second kappa shape index (κ2) is 4.09. The first kappa shape index (κ1) is 9.65. The zero-order chi connectivity index (χ0) is 10.7. The molecule has 3 heteroatoms. The average molecular weight is 203 g/mol. The smallest absolute Gasteiger partial charge is 0.137 e. The average Bonchev–Trinajstić information content (AvgIpc) is 2.29. The minimum atomic E-state index is -0.259. The Kier molecular flexibility index (Phi) is 2.63. The van der Waals surface area contributed by atoms with Gasteiger partial charge in [-0.25, -0.2) is 4.39 Å². The van der Waals surface area contributed by atoms with Gasteiger partial charge in [-0.1, -0.05) is 12.1 Å². The van der Waals surface area contributed by atoms with Crippen molar-refractivity contribution in [3.8, 4) is 17.0 Å². The van der Waals surface area contributed by atoms with Gasteiger partial charge in [0.1, 0.15) is 11.6 Å². The molecule has 1 heterocycles. The highest BCUT2D eigenvalue weighted by Gasteiger charge is 2.00. The molecule has 15 heavy (non-hydrogen) atoms. The molecule has 0 unspecified atom stereocenters. The zero-order valence-corrected chi connectivity index (χ0v) is 8.27. The lowest BCUT2D eigenvalue weighted by atomic mass is 10.1. The predicted molar refractivity (Wildman–Crippen MR) is 56.2 cm³/mol. The molecule has 2 rings (SSSR count). The lowest BCUT2D eigenvalue weighted by Crippen LogP contribution is -1.87. The number of nitrogens with zero attached hydrogens (tertiary/aromatic N) is 1. The van der Waals surface area contributed by atoms with E-state index in [4.69, 9.17) is 4.74 Å². The summed E-state index contributed by atoms with van der Waals surface area (Å²) >= 11 is 0. The number of halogens is 1. The fraction of sp³-hybridized carbons (Fsp3) is 0.0833. The van der Waals surface area contributed by atoms with Crippen LogP contribution in [0.15, 0.2) is 42.6 Å². The molecule has 0 saturated carbocycles. The predicted octanol–water partition coefficient (Wildman–Crippen LogP) is 2.90. The van der Waals surface area contributed by atoms with Gasteiger partial charge in [-0.05, 0) is 24.3 Å². The van der Waals surface area contributed by atoms with Crippen LogP contribution < -0.4 is 4.74 Å². The van der Waals surface area contributed by atoms with Gasteiger partial charge in [0, 0.05) is 5.56 Å². The second-order valence-electron chi connectivity index (χ2n) is 3.09. The summed E-state index contributed by atoms with van der Waals surface area (Å²) in [5.41, 5.74) is 1.49. The van der Waals surface area contributed by atoms with E-state index in [2.05, 4.69) is 4.98 Å². The molecule has 0 aliphatic rings. The molecule has 0 spiro atoms. The van der Waals surface area contributed by atoms with E-state index >= 15 is 0 Å². The zero-order valence-electron chi connectivity index (χ0n) is 8.27. The van der Waals surface area contributed by atoms with E-state index in [1.807, 2.05) is 6.07 Å². The Morgan fingerprint density at radius 2 is 2.07 bits per heavy atom. The van der Waals surface area contributed by atoms with E-state index in [-0.39, 0.29) is 5.82 Å². The van der Waals surface area contributed by atoms with Gasteiger partial charge < -0.3 is 4.74 Å². The molecule has 0 N–H and O–H groups in total. The Morgan fingerprint density at radius 1 is 1.20 bits per heavy atom. The van der Waals surface area contributed by atoms with Crippen molar-refractivity contribution in [1.29, 1.82) is 0 Å². The van der Waals surface area contributed by atoms with Gasteiger partial charge in [-0.3, -0.25) is 4.98 Å². The summed E-state index contributed by atoms with van der Waals surface area (Å²) in [6.45, 7) is 0. The molecule has 0 aliphatic carbocycles. The van der Waals surface area contributed by atoms with E-state index in [9.17, 15) is 4.39 Å². The fourth-order valence-electron chi connectivity index (χ4n) is 1.32. The van der Waals surface area contributed by atoms with Crippen molar-refractivity contribution in [2.24, 2.45) is 0 Å². The van der Waals surface area contributed by atoms with Crippen LogP contribution in [0.5, 0.6) is 5.75 Å². The molecular formula is C12H10FNO. The highest BCUT2D eigenvalue weighted by Crippen LogP contribution is 2.19. The fourth-order valence-corrected chi connectivity index (χ4v) is 1.32. The minimum absolute atomic E-state index is 0.259. The first-order chi connectivity index (χ1) is 7.29. The van der Waals surface area contributed by atoms with Gasteiger partial charge in [0.2, 0.25) is 0 Å². The molecule has 0 bridgehead atoms. The Labute approximate surface area is 87.4 Å². The van der Waals surface area contributed by atoms with Crippen molar-refractivity contribution in [2.45, 2.75) is 0 Å². The first-order valence-electron chi connectivity index (χ1n) is 4.55. The Morgan fingerprint density at radius 3 is 2.67 bits per heavy atom. The lowest BCUT2D eigenvalue weighted by molar-refractivity contribution is 0.413. The van der Waals surface area contributed by atoms with Crippen LogP contribution in [0.2, 0.25) is 0 Å². The maximum atomic E-state index is 12.9. The molecule has 0 radical (unpaired) electrons. The summed E-state index contributed by atoms with van der Waals surface area (Å²) in [4.78, 5) is 4.17. The number of hydrogen-bond acceptors (Lipinski definition) is 2. The summed E-state index contributed by atoms with van der Waals surface area (Å²) < 4.78 is 17.9. The van der Waals surface area contributed by atoms with E-state index in [1.165, 1.54) is 12.1 Å². The standard InChI is InChI=1S/C12H10FNO/c1-15-11-5-6-12(14-8-11)9-3-2-4-10(13)7-9/h2-8H,1H3. The van der Waals surface area contributed by atoms with Gasteiger partial charge >= 0.3 is 0 Å². The number of aromatic nitrogens is 1. The van der Waals surface area contributed by atoms with E-state index in [0.29, 0.717) is 5.75 Å². The third-order valence-corrected chi connectivity index (χ3v) is 2.09. The quantitative estimate of drug-likeness (QED) is 0.748. The molecule has 1 aromatic heterocycles. The van der Waals surface area contributed by atoms with Crippen LogP contribution in [0.4, 0.5) is 4.39 Å². The summed E-state index contributed by atoms with van der Waals surface area (Å²) in [6.07, 6.45) is 1.61.